The Hall–Kier alpha value is -3.06. The summed E-state index contributed by atoms with van der Waals surface area (Å²) >= 11 is 0. The van der Waals surface area contributed by atoms with Crippen molar-refractivity contribution in [3.63, 3.8) is 0 Å². The van der Waals surface area contributed by atoms with Crippen molar-refractivity contribution in [2.45, 2.75) is 19.0 Å². The first-order valence-electron chi connectivity index (χ1n) is 8.77. The zero-order valence-corrected chi connectivity index (χ0v) is 15.5. The van der Waals surface area contributed by atoms with Crippen LogP contribution in [0.2, 0.25) is 0 Å². The van der Waals surface area contributed by atoms with Crippen LogP contribution in [0, 0.1) is 0 Å². The van der Waals surface area contributed by atoms with E-state index in [2.05, 4.69) is 5.32 Å². The third kappa shape index (κ3) is 4.03. The van der Waals surface area contributed by atoms with Crippen molar-refractivity contribution in [2.75, 3.05) is 20.8 Å². The maximum Gasteiger partial charge on any atom is 0.319 e. The van der Waals surface area contributed by atoms with Crippen LogP contribution in [0.25, 0.3) is 0 Å². The number of ether oxygens (including phenoxy) is 2. The predicted molar refractivity (Wildman–Crippen MR) is 99.7 cm³/mol. The number of nitrogens with two attached hydrogens (primary N) is 1. The highest BCUT2D eigenvalue weighted by Crippen LogP contribution is 2.31. The number of imide groups is 1. The van der Waals surface area contributed by atoms with E-state index in [1.54, 1.807) is 14.2 Å². The minimum Gasteiger partial charge on any atom is -0.493 e. The summed E-state index contributed by atoms with van der Waals surface area (Å²) in [5.41, 5.74) is 8.30. The minimum absolute atomic E-state index is 0.396. The highest BCUT2D eigenvalue weighted by molar-refractivity contribution is 5.96. The van der Waals surface area contributed by atoms with Crippen LogP contribution in [0.4, 0.5) is 4.79 Å². The summed E-state index contributed by atoms with van der Waals surface area (Å²) in [5.74, 6) is 0.966. The Morgan fingerprint density at radius 3 is 2.30 bits per heavy atom. The normalized spacial score (nSPS) is 16.7. The lowest BCUT2D eigenvalue weighted by atomic mass is 9.95. The molecule has 1 heterocycles. The van der Waals surface area contributed by atoms with Gasteiger partial charge in [0.2, 0.25) is 0 Å². The average Bonchev–Trinajstić information content (AvgIpc) is 2.67. The molecule has 3 rings (SSSR count). The molecule has 0 aromatic heterocycles. The van der Waals surface area contributed by atoms with Crippen LogP contribution in [0.3, 0.4) is 0 Å². The molecule has 2 aromatic carbocycles. The average molecular weight is 370 g/mol. The minimum atomic E-state index is -0.843. The molecule has 0 saturated carbocycles. The van der Waals surface area contributed by atoms with Crippen LogP contribution < -0.4 is 25.4 Å². The third-order valence-corrected chi connectivity index (χ3v) is 4.89. The van der Waals surface area contributed by atoms with Gasteiger partial charge in [0.1, 0.15) is 6.54 Å². The van der Waals surface area contributed by atoms with Crippen molar-refractivity contribution in [2.24, 2.45) is 5.73 Å². The number of benzene rings is 2. The molecule has 142 valence electrons. The van der Waals surface area contributed by atoms with Crippen LogP contribution >= 0.6 is 0 Å². The van der Waals surface area contributed by atoms with Crippen molar-refractivity contribution >= 4 is 11.9 Å². The second-order valence-electron chi connectivity index (χ2n) is 6.51. The van der Waals surface area contributed by atoms with E-state index in [0.717, 1.165) is 29.0 Å². The molecule has 0 radical (unpaired) electrons. The van der Waals surface area contributed by atoms with Crippen LogP contribution in [0.5, 0.6) is 11.5 Å². The molecule has 0 fully saturated rings. The maximum absolute atomic E-state index is 12.7. The van der Waals surface area contributed by atoms with Crippen LogP contribution in [0.15, 0.2) is 42.5 Å². The van der Waals surface area contributed by atoms with Crippen molar-refractivity contribution in [1.29, 1.82) is 0 Å². The Kier molecular flexibility index (Phi) is 5.61. The van der Waals surface area contributed by atoms with E-state index in [-0.39, 0.29) is 0 Å². The highest BCUT2D eigenvalue weighted by Gasteiger charge is 2.35. The summed E-state index contributed by atoms with van der Waals surface area (Å²) in [6.45, 7) is 1.37. The number of methoxy groups -OCH3 is 2. The van der Waals surface area contributed by atoms with Crippen LogP contribution in [-0.2, 0) is 17.8 Å². The number of fused-ring (bicyclic) bond motifs is 1. The van der Waals surface area contributed by atoms with Gasteiger partial charge in [0.15, 0.2) is 17.5 Å². The Labute approximate surface area is 158 Å². The lowest BCUT2D eigenvalue weighted by Crippen LogP contribution is -3.13. The second-order valence-corrected chi connectivity index (χ2v) is 6.51. The first-order chi connectivity index (χ1) is 13.0. The van der Waals surface area contributed by atoms with Crippen molar-refractivity contribution in [3.8, 4) is 11.5 Å². The summed E-state index contributed by atoms with van der Waals surface area (Å²) in [4.78, 5) is 25.0. The van der Waals surface area contributed by atoms with E-state index >= 15 is 0 Å². The quantitative estimate of drug-likeness (QED) is 0.718. The fraction of sp³-hybridized carbons (Fsp3) is 0.300. The number of quaternary nitrogens is 1. The fourth-order valence-corrected chi connectivity index (χ4v) is 3.65. The first kappa shape index (κ1) is 18.7. The zero-order chi connectivity index (χ0) is 19.4. The monoisotopic (exact) mass is 370 g/mol. The van der Waals surface area contributed by atoms with E-state index < -0.39 is 18.0 Å². The number of urea groups is 1. The maximum atomic E-state index is 12.7. The molecular weight excluding hydrogens is 346 g/mol. The molecule has 0 bridgehead atoms. The van der Waals surface area contributed by atoms with Crippen molar-refractivity contribution in [1.82, 2.24) is 5.32 Å². The fourth-order valence-electron chi connectivity index (χ4n) is 3.65. The van der Waals surface area contributed by atoms with E-state index in [1.807, 2.05) is 42.5 Å². The van der Waals surface area contributed by atoms with Crippen LogP contribution in [-0.4, -0.2) is 32.7 Å². The SMILES string of the molecule is COc1cc2c(cc1OC)C[NH+]([C@H](C(=O)NC(N)=O)c1ccccc1)CC2. The number of primary amides is 1. The molecule has 27 heavy (non-hydrogen) atoms. The van der Waals surface area contributed by atoms with Gasteiger partial charge in [-0.1, -0.05) is 30.3 Å². The number of amides is 3. The molecule has 0 spiro atoms. The third-order valence-electron chi connectivity index (χ3n) is 4.89. The highest BCUT2D eigenvalue weighted by atomic mass is 16.5. The number of nitrogens with one attached hydrogen (secondary N) is 2. The van der Waals surface area contributed by atoms with Gasteiger partial charge in [-0.05, 0) is 17.7 Å². The van der Waals surface area contributed by atoms with Gasteiger partial charge in [-0.15, -0.1) is 0 Å². The molecule has 4 N–H and O–H groups in total. The molecule has 3 amide bonds. The van der Waals surface area contributed by atoms with Gasteiger partial charge in [0.05, 0.1) is 20.8 Å². The number of hydrogen-bond donors (Lipinski definition) is 3. The Bertz CT molecular complexity index is 839. The lowest BCUT2D eigenvalue weighted by molar-refractivity contribution is -0.937. The number of carbonyl (C=O) groups is 2. The summed E-state index contributed by atoms with van der Waals surface area (Å²) < 4.78 is 10.8. The Morgan fingerprint density at radius 1 is 1.07 bits per heavy atom. The smallest absolute Gasteiger partial charge is 0.319 e. The molecule has 2 atom stereocenters. The number of hydrogen-bond acceptors (Lipinski definition) is 4. The van der Waals surface area contributed by atoms with E-state index in [4.69, 9.17) is 15.2 Å². The summed E-state index contributed by atoms with van der Waals surface area (Å²) in [6, 6.07) is 12.0. The van der Waals surface area contributed by atoms with Gasteiger partial charge < -0.3 is 20.1 Å². The van der Waals surface area contributed by atoms with Gasteiger partial charge in [0, 0.05) is 17.5 Å². The molecule has 0 saturated heterocycles. The van der Waals surface area contributed by atoms with Gasteiger partial charge in [-0.2, -0.15) is 0 Å². The van der Waals surface area contributed by atoms with E-state index in [9.17, 15) is 9.59 Å². The lowest BCUT2D eigenvalue weighted by Gasteiger charge is -2.32. The molecule has 7 heteroatoms. The number of rotatable bonds is 5. The summed E-state index contributed by atoms with van der Waals surface area (Å²) in [6.07, 6.45) is 0.790. The standard InChI is InChI=1S/C20H23N3O4/c1-26-16-10-14-8-9-23(12-15(14)11-17(16)27-2)18(19(24)22-20(21)25)13-6-4-3-5-7-13/h3-7,10-11,18H,8-9,12H2,1-2H3,(H3,21,22,24,25)/p+1/t18-/m0/s1. The van der Waals surface area contributed by atoms with Gasteiger partial charge in [-0.25, -0.2) is 4.79 Å². The van der Waals surface area contributed by atoms with Crippen molar-refractivity contribution in [3.05, 3.63) is 59.2 Å². The zero-order valence-electron chi connectivity index (χ0n) is 15.5. The van der Waals surface area contributed by atoms with Crippen LogP contribution in [0.1, 0.15) is 22.7 Å². The number of carbonyl (C=O) groups excluding carboxylic acids is 2. The summed E-state index contributed by atoms with van der Waals surface area (Å²) in [5, 5.41) is 2.24. The molecule has 1 aliphatic rings. The molecule has 2 aromatic rings. The van der Waals surface area contributed by atoms with Gasteiger partial charge in [0.25, 0.3) is 5.91 Å². The van der Waals surface area contributed by atoms with Gasteiger partial charge >= 0.3 is 6.03 Å². The predicted octanol–water partition coefficient (Wildman–Crippen LogP) is 0.581. The first-order valence-corrected chi connectivity index (χ1v) is 8.77. The Balaban J connectivity index is 1.93. The van der Waals surface area contributed by atoms with E-state index in [1.165, 1.54) is 5.56 Å². The summed E-state index contributed by atoms with van der Waals surface area (Å²) in [7, 11) is 3.22. The Morgan fingerprint density at radius 2 is 1.70 bits per heavy atom. The second kappa shape index (κ2) is 8.09. The molecule has 1 unspecified atom stereocenters. The molecule has 0 aliphatic carbocycles. The van der Waals surface area contributed by atoms with E-state index in [0.29, 0.717) is 18.0 Å². The van der Waals surface area contributed by atoms with Gasteiger partial charge in [-0.3, -0.25) is 10.1 Å². The molecule has 7 nitrogen and oxygen atoms in total. The largest absolute Gasteiger partial charge is 0.493 e. The molecular formula is C20H24N3O4+. The van der Waals surface area contributed by atoms with Crippen molar-refractivity contribution < 1.29 is 24.0 Å². The topological polar surface area (TPSA) is 95.1 Å². The molecule has 1 aliphatic heterocycles.